The standard InChI is InChI=1S/C15H12ClF4NO2/c1-3-4-9(7-10(16)8-17)13-12(23-2)6-5-11(21-13)14(22)15(18,19)20/h3-8H,1-2H3. The number of Topliss-reactive ketones (excluding diaryl/α,β-unsaturated/α-hetero) is 1. The number of ketones is 1. The first kappa shape index (κ1) is 18.9. The maximum atomic E-state index is 12.5. The molecule has 1 heterocycles. The van der Waals surface area contributed by atoms with Gasteiger partial charge in [0.15, 0.2) is 0 Å². The molecule has 8 heteroatoms. The number of rotatable bonds is 5. The number of aromatic nitrogens is 1. The van der Waals surface area contributed by atoms with E-state index >= 15 is 0 Å². The molecule has 3 nitrogen and oxygen atoms in total. The molecule has 0 saturated heterocycles. The summed E-state index contributed by atoms with van der Waals surface area (Å²) in [7, 11) is 1.28. The summed E-state index contributed by atoms with van der Waals surface area (Å²) >= 11 is 5.58. The summed E-state index contributed by atoms with van der Waals surface area (Å²) in [5.41, 5.74) is -0.690. The van der Waals surface area contributed by atoms with Crippen LogP contribution in [0.1, 0.15) is 23.1 Å². The Morgan fingerprint density at radius 1 is 1.35 bits per heavy atom. The Kier molecular flexibility index (Phi) is 6.50. The summed E-state index contributed by atoms with van der Waals surface area (Å²) in [6.07, 6.45) is -0.803. The summed E-state index contributed by atoms with van der Waals surface area (Å²) < 4.78 is 55.1. The number of hydrogen-bond donors (Lipinski definition) is 0. The lowest BCUT2D eigenvalue weighted by Gasteiger charge is -2.11. The van der Waals surface area contributed by atoms with Crippen LogP contribution in [0.4, 0.5) is 17.6 Å². The van der Waals surface area contributed by atoms with E-state index in [9.17, 15) is 22.4 Å². The van der Waals surface area contributed by atoms with Crippen LogP contribution in [0.3, 0.4) is 0 Å². The van der Waals surface area contributed by atoms with Crippen molar-refractivity contribution in [3.05, 3.63) is 53.1 Å². The van der Waals surface area contributed by atoms with Gasteiger partial charge in [0.2, 0.25) is 0 Å². The molecule has 0 amide bonds. The second kappa shape index (κ2) is 7.92. The number of halogens is 5. The number of carbonyl (C=O) groups is 1. The zero-order valence-corrected chi connectivity index (χ0v) is 12.9. The first-order valence-electron chi connectivity index (χ1n) is 6.21. The minimum atomic E-state index is -5.06. The van der Waals surface area contributed by atoms with Gasteiger partial charge in [-0.15, -0.1) is 0 Å². The van der Waals surface area contributed by atoms with Crippen molar-refractivity contribution in [3.8, 4) is 5.75 Å². The van der Waals surface area contributed by atoms with Gasteiger partial charge in [-0.3, -0.25) is 4.79 Å². The monoisotopic (exact) mass is 349 g/mol. The average molecular weight is 350 g/mol. The molecule has 0 aromatic carbocycles. The van der Waals surface area contributed by atoms with E-state index in [2.05, 4.69) is 4.98 Å². The van der Waals surface area contributed by atoms with E-state index in [1.807, 2.05) is 0 Å². The molecular formula is C15H12ClF4NO2. The van der Waals surface area contributed by atoms with Crippen LogP contribution in [0, 0.1) is 0 Å². The lowest BCUT2D eigenvalue weighted by atomic mass is 10.1. The predicted octanol–water partition coefficient (Wildman–Crippen LogP) is 4.84. The zero-order chi connectivity index (χ0) is 17.6. The number of alkyl halides is 3. The topological polar surface area (TPSA) is 39.2 Å². The van der Waals surface area contributed by atoms with Crippen LogP contribution in [0.15, 0.2) is 41.7 Å². The smallest absolute Gasteiger partial charge is 0.456 e. The van der Waals surface area contributed by atoms with E-state index in [1.54, 1.807) is 13.0 Å². The first-order chi connectivity index (χ1) is 10.7. The Bertz CT molecular complexity index is 679. The molecule has 0 atom stereocenters. The Labute approximate surface area is 134 Å². The quantitative estimate of drug-likeness (QED) is 0.433. The van der Waals surface area contributed by atoms with E-state index in [0.29, 0.717) is 0 Å². The van der Waals surface area contributed by atoms with Crippen molar-refractivity contribution in [3.63, 3.8) is 0 Å². The number of hydrogen-bond acceptors (Lipinski definition) is 3. The predicted molar refractivity (Wildman–Crippen MR) is 79.0 cm³/mol. The third-order valence-electron chi connectivity index (χ3n) is 2.59. The minimum Gasteiger partial charge on any atom is -0.494 e. The zero-order valence-electron chi connectivity index (χ0n) is 12.1. The van der Waals surface area contributed by atoms with Gasteiger partial charge in [-0.1, -0.05) is 23.8 Å². The van der Waals surface area contributed by atoms with E-state index in [-0.39, 0.29) is 28.4 Å². The van der Waals surface area contributed by atoms with Crippen molar-refractivity contribution in [2.75, 3.05) is 7.11 Å². The van der Waals surface area contributed by atoms with Crippen LogP contribution in [-0.4, -0.2) is 24.1 Å². The maximum Gasteiger partial charge on any atom is 0.456 e. The van der Waals surface area contributed by atoms with E-state index < -0.39 is 17.7 Å². The molecular weight excluding hydrogens is 338 g/mol. The van der Waals surface area contributed by atoms with Gasteiger partial charge in [0.1, 0.15) is 23.5 Å². The van der Waals surface area contributed by atoms with Gasteiger partial charge < -0.3 is 4.74 Å². The van der Waals surface area contributed by atoms with Crippen LogP contribution in [0.25, 0.3) is 5.57 Å². The van der Waals surface area contributed by atoms with Crippen LogP contribution in [-0.2, 0) is 0 Å². The molecule has 0 fully saturated rings. The highest BCUT2D eigenvalue weighted by atomic mass is 35.5. The molecule has 0 aliphatic heterocycles. The van der Waals surface area contributed by atoms with Crippen LogP contribution in [0.5, 0.6) is 5.75 Å². The fraction of sp³-hybridized carbons (Fsp3) is 0.200. The SMILES string of the molecule is CC=CC(=CC(Cl)=CF)c1nc(C(=O)C(F)(F)F)ccc1OC. The third-order valence-corrected chi connectivity index (χ3v) is 2.78. The van der Waals surface area contributed by atoms with Gasteiger partial charge in [0.25, 0.3) is 5.78 Å². The molecule has 124 valence electrons. The van der Waals surface area contributed by atoms with Gasteiger partial charge in [-0.2, -0.15) is 13.2 Å². The van der Waals surface area contributed by atoms with Crippen molar-refractivity contribution in [1.29, 1.82) is 0 Å². The first-order valence-corrected chi connectivity index (χ1v) is 6.59. The van der Waals surface area contributed by atoms with Crippen molar-refractivity contribution in [2.45, 2.75) is 13.1 Å². The second-order valence-electron chi connectivity index (χ2n) is 4.17. The van der Waals surface area contributed by atoms with Gasteiger partial charge in [0.05, 0.1) is 12.1 Å². The number of ether oxygens (including phenoxy) is 1. The molecule has 0 saturated carbocycles. The number of nitrogens with zero attached hydrogens (tertiary/aromatic N) is 1. The van der Waals surface area contributed by atoms with Crippen LogP contribution in [0.2, 0.25) is 0 Å². The van der Waals surface area contributed by atoms with E-state index in [0.717, 1.165) is 12.1 Å². The molecule has 0 spiro atoms. The Hall–Kier alpha value is -2.15. The molecule has 0 bridgehead atoms. The molecule has 1 aromatic heterocycles. The average Bonchev–Trinajstić information content (AvgIpc) is 2.52. The van der Waals surface area contributed by atoms with E-state index in [4.69, 9.17) is 16.3 Å². The van der Waals surface area contributed by atoms with Crippen molar-refractivity contribution in [1.82, 2.24) is 4.98 Å². The molecule has 0 unspecified atom stereocenters. The molecule has 1 aromatic rings. The van der Waals surface area contributed by atoms with Gasteiger partial charge in [-0.25, -0.2) is 9.37 Å². The molecule has 0 radical (unpaired) electrons. The minimum absolute atomic E-state index is 0.0688. The normalized spacial score (nSPS) is 13.5. The Morgan fingerprint density at radius 3 is 2.48 bits per heavy atom. The van der Waals surface area contributed by atoms with E-state index in [1.165, 1.54) is 19.3 Å². The van der Waals surface area contributed by atoms with Gasteiger partial charge in [0, 0.05) is 5.57 Å². The van der Waals surface area contributed by atoms with Gasteiger partial charge in [-0.05, 0) is 25.1 Å². The molecule has 1 rings (SSSR count). The van der Waals surface area contributed by atoms with Crippen molar-refractivity contribution < 1.29 is 27.1 Å². The molecule has 23 heavy (non-hydrogen) atoms. The maximum absolute atomic E-state index is 12.5. The molecule has 0 aliphatic rings. The lowest BCUT2D eigenvalue weighted by Crippen LogP contribution is -2.24. The number of carbonyl (C=O) groups excluding carboxylic acids is 1. The lowest BCUT2D eigenvalue weighted by molar-refractivity contribution is -0.0888. The third kappa shape index (κ3) is 4.92. The van der Waals surface area contributed by atoms with Crippen LogP contribution < -0.4 is 4.74 Å². The number of methoxy groups -OCH3 is 1. The summed E-state index contributed by atoms with van der Waals surface area (Å²) in [5, 5.41) is -0.297. The summed E-state index contributed by atoms with van der Waals surface area (Å²) in [4.78, 5) is 15.0. The molecule has 0 N–H and O–H groups in total. The van der Waals surface area contributed by atoms with Crippen molar-refractivity contribution in [2.24, 2.45) is 0 Å². The fourth-order valence-corrected chi connectivity index (χ4v) is 1.76. The number of pyridine rings is 1. The summed E-state index contributed by atoms with van der Waals surface area (Å²) in [6.45, 7) is 1.64. The fourth-order valence-electron chi connectivity index (χ4n) is 1.64. The van der Waals surface area contributed by atoms with Crippen molar-refractivity contribution >= 4 is 23.0 Å². The summed E-state index contributed by atoms with van der Waals surface area (Å²) in [6, 6.07) is 2.07. The second-order valence-corrected chi connectivity index (χ2v) is 4.60. The Morgan fingerprint density at radius 2 is 2.00 bits per heavy atom. The van der Waals surface area contributed by atoms with Gasteiger partial charge >= 0.3 is 6.18 Å². The van der Waals surface area contributed by atoms with Crippen LogP contribution >= 0.6 is 11.6 Å². The Balaban J connectivity index is 3.53. The highest BCUT2D eigenvalue weighted by Gasteiger charge is 2.40. The highest BCUT2D eigenvalue weighted by Crippen LogP contribution is 2.29. The summed E-state index contributed by atoms with van der Waals surface area (Å²) in [5.74, 6) is -1.98. The largest absolute Gasteiger partial charge is 0.494 e. The number of allylic oxidation sites excluding steroid dienone is 5. The highest BCUT2D eigenvalue weighted by molar-refractivity contribution is 6.31. The molecule has 0 aliphatic carbocycles.